The molecule has 1 aromatic rings. The first kappa shape index (κ1) is 20.1. The van der Waals surface area contributed by atoms with Crippen LogP contribution in [-0.4, -0.2) is 79.3 Å². The number of morpholine rings is 1. The Hall–Kier alpha value is -1.62. The Morgan fingerprint density at radius 2 is 1.59 bits per heavy atom. The molecule has 2 atom stereocenters. The van der Waals surface area contributed by atoms with E-state index in [1.807, 2.05) is 13.8 Å². The second-order valence-electron chi connectivity index (χ2n) is 6.90. The summed E-state index contributed by atoms with van der Waals surface area (Å²) < 4.78 is 60.4. The van der Waals surface area contributed by atoms with Gasteiger partial charge < -0.3 is 9.64 Å². The highest BCUT2D eigenvalue weighted by molar-refractivity contribution is 7.86. The number of hydrogen-bond donors (Lipinski definition) is 0. The largest absolute Gasteiger partial charge is 0.373 e. The molecular formula is C17H23F2N3O4S. The lowest BCUT2D eigenvalue weighted by atomic mass is 10.1. The lowest BCUT2D eigenvalue weighted by Gasteiger charge is -2.40. The number of nitrogens with zero attached hydrogens (tertiary/aromatic N) is 3. The number of halogens is 2. The van der Waals surface area contributed by atoms with Crippen molar-refractivity contribution in [1.82, 2.24) is 13.5 Å². The average molecular weight is 403 g/mol. The molecule has 2 aliphatic heterocycles. The van der Waals surface area contributed by atoms with Gasteiger partial charge in [-0.15, -0.1) is 0 Å². The van der Waals surface area contributed by atoms with Crippen LogP contribution < -0.4 is 0 Å². The van der Waals surface area contributed by atoms with Gasteiger partial charge in [0.25, 0.3) is 16.1 Å². The Morgan fingerprint density at radius 3 is 2.15 bits per heavy atom. The van der Waals surface area contributed by atoms with Crippen LogP contribution in [-0.2, 0) is 14.9 Å². The zero-order valence-electron chi connectivity index (χ0n) is 15.3. The summed E-state index contributed by atoms with van der Waals surface area (Å²) >= 11 is 0. The van der Waals surface area contributed by atoms with Crippen LogP contribution in [0.4, 0.5) is 8.78 Å². The standard InChI is InChI=1S/C17H23F2N3O4S/c1-12-10-22(11-13(2)26-12)27(24,25)21-7-5-20(6-8-21)17(23)14-3-4-15(18)16(19)9-14/h3-4,9,12-13H,5-8,10-11H2,1-2H3/t12-,13+. The number of ether oxygens (including phenoxy) is 1. The number of piperazine rings is 1. The summed E-state index contributed by atoms with van der Waals surface area (Å²) in [5.74, 6) is -2.55. The van der Waals surface area contributed by atoms with Crippen molar-refractivity contribution >= 4 is 16.1 Å². The zero-order valence-corrected chi connectivity index (χ0v) is 16.1. The molecule has 0 spiro atoms. The van der Waals surface area contributed by atoms with Crippen molar-refractivity contribution in [3.63, 3.8) is 0 Å². The number of rotatable bonds is 3. The van der Waals surface area contributed by atoms with Crippen molar-refractivity contribution in [3.05, 3.63) is 35.4 Å². The molecule has 2 heterocycles. The number of hydrogen-bond acceptors (Lipinski definition) is 4. The molecule has 0 aliphatic carbocycles. The summed E-state index contributed by atoms with van der Waals surface area (Å²) in [7, 11) is -3.64. The van der Waals surface area contributed by atoms with Crippen LogP contribution >= 0.6 is 0 Å². The van der Waals surface area contributed by atoms with E-state index in [4.69, 9.17) is 4.74 Å². The Morgan fingerprint density at radius 1 is 1.00 bits per heavy atom. The van der Waals surface area contributed by atoms with Crippen LogP contribution in [0.1, 0.15) is 24.2 Å². The molecule has 2 fully saturated rings. The molecule has 1 aromatic carbocycles. The minimum Gasteiger partial charge on any atom is -0.373 e. The van der Waals surface area contributed by atoms with Crippen LogP contribution in [0, 0.1) is 11.6 Å². The highest BCUT2D eigenvalue weighted by atomic mass is 32.2. The van der Waals surface area contributed by atoms with E-state index in [0.717, 1.165) is 12.1 Å². The fraction of sp³-hybridized carbons (Fsp3) is 0.588. The second-order valence-corrected chi connectivity index (χ2v) is 8.83. The number of carbonyl (C=O) groups is 1. The summed E-state index contributed by atoms with van der Waals surface area (Å²) in [6, 6.07) is 2.99. The van der Waals surface area contributed by atoms with E-state index in [-0.39, 0.29) is 44.0 Å². The van der Waals surface area contributed by atoms with Gasteiger partial charge in [-0.2, -0.15) is 17.0 Å². The third-order valence-electron chi connectivity index (χ3n) is 4.73. The van der Waals surface area contributed by atoms with Crippen molar-refractivity contribution in [3.8, 4) is 0 Å². The van der Waals surface area contributed by atoms with Gasteiger partial charge in [0.1, 0.15) is 0 Å². The Balaban J connectivity index is 1.64. The lowest BCUT2D eigenvalue weighted by molar-refractivity contribution is -0.0457. The maximum Gasteiger partial charge on any atom is 0.282 e. The molecule has 1 amide bonds. The van der Waals surface area contributed by atoms with E-state index in [1.54, 1.807) is 0 Å². The van der Waals surface area contributed by atoms with E-state index < -0.39 is 27.8 Å². The van der Waals surface area contributed by atoms with Crippen LogP contribution in [0.15, 0.2) is 18.2 Å². The minimum atomic E-state index is -3.64. The topological polar surface area (TPSA) is 70.2 Å². The van der Waals surface area contributed by atoms with Crippen molar-refractivity contribution in [2.24, 2.45) is 0 Å². The van der Waals surface area contributed by atoms with Crippen LogP contribution in [0.5, 0.6) is 0 Å². The Kier molecular flexibility index (Phi) is 5.80. The molecule has 2 aliphatic rings. The van der Waals surface area contributed by atoms with Gasteiger partial charge in [0.15, 0.2) is 11.6 Å². The highest BCUT2D eigenvalue weighted by Crippen LogP contribution is 2.20. The molecule has 10 heteroatoms. The molecule has 0 unspecified atom stereocenters. The molecule has 2 saturated heterocycles. The fourth-order valence-corrected chi connectivity index (χ4v) is 5.16. The predicted molar refractivity (Wildman–Crippen MR) is 94.3 cm³/mol. The van der Waals surface area contributed by atoms with Crippen LogP contribution in [0.2, 0.25) is 0 Å². The van der Waals surface area contributed by atoms with Gasteiger partial charge in [-0.25, -0.2) is 8.78 Å². The van der Waals surface area contributed by atoms with Gasteiger partial charge in [-0.3, -0.25) is 4.79 Å². The van der Waals surface area contributed by atoms with Crippen molar-refractivity contribution in [2.45, 2.75) is 26.1 Å². The second kappa shape index (κ2) is 7.78. The highest BCUT2D eigenvalue weighted by Gasteiger charge is 2.37. The van der Waals surface area contributed by atoms with Gasteiger partial charge in [0.2, 0.25) is 0 Å². The van der Waals surface area contributed by atoms with Crippen molar-refractivity contribution in [1.29, 1.82) is 0 Å². The normalized spacial score (nSPS) is 25.6. The monoisotopic (exact) mass is 403 g/mol. The van der Waals surface area contributed by atoms with Gasteiger partial charge in [-0.05, 0) is 32.0 Å². The zero-order chi connectivity index (χ0) is 19.8. The smallest absolute Gasteiger partial charge is 0.282 e. The third-order valence-corrected chi connectivity index (χ3v) is 6.70. The summed E-state index contributed by atoms with van der Waals surface area (Å²) in [6.45, 7) is 4.92. The number of benzene rings is 1. The molecule has 150 valence electrons. The van der Waals surface area contributed by atoms with Gasteiger partial charge in [-0.1, -0.05) is 0 Å². The van der Waals surface area contributed by atoms with Gasteiger partial charge in [0.05, 0.1) is 12.2 Å². The molecule has 0 N–H and O–H groups in total. The van der Waals surface area contributed by atoms with E-state index in [9.17, 15) is 22.0 Å². The molecule has 27 heavy (non-hydrogen) atoms. The van der Waals surface area contributed by atoms with Crippen molar-refractivity contribution in [2.75, 3.05) is 39.3 Å². The molecule has 7 nitrogen and oxygen atoms in total. The summed E-state index contributed by atoms with van der Waals surface area (Å²) in [5, 5.41) is 0. The number of carbonyl (C=O) groups excluding carboxylic acids is 1. The summed E-state index contributed by atoms with van der Waals surface area (Å²) in [5.41, 5.74) is 0.0426. The minimum absolute atomic E-state index is 0.0426. The SMILES string of the molecule is C[C@@H]1CN(S(=O)(=O)N2CCN(C(=O)c3ccc(F)c(F)c3)CC2)C[C@H](C)O1. The third kappa shape index (κ3) is 4.29. The van der Waals surface area contributed by atoms with Crippen molar-refractivity contribution < 1.29 is 26.7 Å². The molecule has 3 rings (SSSR count). The molecule has 0 saturated carbocycles. The molecule has 0 aromatic heterocycles. The molecule has 0 bridgehead atoms. The number of amides is 1. The Labute approximate surface area is 157 Å². The summed E-state index contributed by atoms with van der Waals surface area (Å²) in [6.07, 6.45) is -0.362. The predicted octanol–water partition coefficient (Wildman–Crippen LogP) is 1.08. The first-order chi connectivity index (χ1) is 12.7. The lowest BCUT2D eigenvalue weighted by Crippen LogP contribution is -2.57. The average Bonchev–Trinajstić information content (AvgIpc) is 2.62. The van der Waals surface area contributed by atoms with Crippen LogP contribution in [0.3, 0.4) is 0 Å². The van der Waals surface area contributed by atoms with E-state index in [1.165, 1.54) is 19.6 Å². The first-order valence-electron chi connectivity index (χ1n) is 8.83. The quantitative estimate of drug-likeness (QED) is 0.757. The van der Waals surface area contributed by atoms with Gasteiger partial charge in [0, 0.05) is 44.8 Å². The molecular weight excluding hydrogens is 380 g/mol. The summed E-state index contributed by atoms with van der Waals surface area (Å²) in [4.78, 5) is 13.9. The molecule has 0 radical (unpaired) electrons. The first-order valence-corrected chi connectivity index (χ1v) is 10.2. The fourth-order valence-electron chi connectivity index (χ4n) is 3.42. The van der Waals surface area contributed by atoms with Gasteiger partial charge >= 0.3 is 0 Å². The van der Waals surface area contributed by atoms with E-state index in [2.05, 4.69) is 0 Å². The van der Waals surface area contributed by atoms with Crippen LogP contribution in [0.25, 0.3) is 0 Å². The van der Waals surface area contributed by atoms with E-state index >= 15 is 0 Å². The Bertz CT molecular complexity index is 802. The maximum absolute atomic E-state index is 13.3. The van der Waals surface area contributed by atoms with E-state index in [0.29, 0.717) is 13.1 Å². The maximum atomic E-state index is 13.3.